The Balaban J connectivity index is 1.45. The van der Waals surface area contributed by atoms with Crippen molar-refractivity contribution in [3.05, 3.63) is 72.4 Å². The van der Waals surface area contributed by atoms with Crippen LogP contribution in [0.4, 0.5) is 0 Å². The van der Waals surface area contributed by atoms with E-state index >= 15 is 0 Å². The van der Waals surface area contributed by atoms with Crippen molar-refractivity contribution in [1.82, 2.24) is 10.3 Å². The Kier molecular flexibility index (Phi) is 5.63. The summed E-state index contributed by atoms with van der Waals surface area (Å²) in [6.07, 6.45) is 2.10. The number of ether oxygens (including phenoxy) is 1. The van der Waals surface area contributed by atoms with E-state index in [2.05, 4.69) is 22.1 Å². The molecule has 4 heteroatoms. The average Bonchev–Trinajstić information content (AvgIpc) is 2.65. The molecule has 0 unspecified atom stereocenters. The Bertz CT molecular complexity index is 906. The molecule has 0 bridgehead atoms. The second-order valence-corrected chi connectivity index (χ2v) is 5.41. The SMILES string of the molecule is O=C(Cc1ccccc1)NCC#CCOc1cccc2cccnc12. The first kappa shape index (κ1) is 16.5. The van der Waals surface area contributed by atoms with Gasteiger partial charge in [0.15, 0.2) is 0 Å². The number of pyridine rings is 1. The lowest BCUT2D eigenvalue weighted by Gasteiger charge is -2.05. The molecule has 3 aromatic rings. The number of amides is 1. The first-order chi connectivity index (χ1) is 12.3. The third-order valence-corrected chi connectivity index (χ3v) is 3.60. The van der Waals surface area contributed by atoms with Crippen molar-refractivity contribution in [1.29, 1.82) is 0 Å². The zero-order chi connectivity index (χ0) is 17.3. The number of para-hydroxylation sites is 1. The molecule has 0 saturated carbocycles. The van der Waals surface area contributed by atoms with E-state index in [-0.39, 0.29) is 12.5 Å². The van der Waals surface area contributed by atoms with E-state index in [9.17, 15) is 4.79 Å². The number of carbonyl (C=O) groups excluding carboxylic acids is 1. The van der Waals surface area contributed by atoms with Crippen molar-refractivity contribution in [2.45, 2.75) is 6.42 Å². The van der Waals surface area contributed by atoms with Gasteiger partial charge in [-0.2, -0.15) is 0 Å². The smallest absolute Gasteiger partial charge is 0.225 e. The molecule has 0 saturated heterocycles. The molecule has 0 aliphatic carbocycles. The molecule has 1 N–H and O–H groups in total. The van der Waals surface area contributed by atoms with Crippen LogP contribution in [0.15, 0.2) is 66.9 Å². The predicted molar refractivity (Wildman–Crippen MR) is 98.2 cm³/mol. The van der Waals surface area contributed by atoms with Crippen molar-refractivity contribution in [2.75, 3.05) is 13.2 Å². The molecule has 3 rings (SSSR count). The summed E-state index contributed by atoms with van der Waals surface area (Å²) in [7, 11) is 0. The number of nitrogens with zero attached hydrogens (tertiary/aromatic N) is 1. The van der Waals surface area contributed by atoms with Crippen molar-refractivity contribution >= 4 is 16.8 Å². The van der Waals surface area contributed by atoms with Gasteiger partial charge in [0.2, 0.25) is 5.91 Å². The Morgan fingerprint density at radius 1 is 1.00 bits per heavy atom. The van der Waals surface area contributed by atoms with Gasteiger partial charge < -0.3 is 10.1 Å². The summed E-state index contributed by atoms with van der Waals surface area (Å²) < 4.78 is 5.67. The summed E-state index contributed by atoms with van der Waals surface area (Å²) in [6.45, 7) is 0.563. The average molecular weight is 330 g/mol. The second kappa shape index (κ2) is 8.51. The van der Waals surface area contributed by atoms with Gasteiger partial charge in [-0.15, -0.1) is 0 Å². The number of rotatable bonds is 5. The van der Waals surface area contributed by atoms with Gasteiger partial charge >= 0.3 is 0 Å². The summed E-state index contributed by atoms with van der Waals surface area (Å²) in [5, 5.41) is 3.81. The Morgan fingerprint density at radius 2 is 1.84 bits per heavy atom. The quantitative estimate of drug-likeness (QED) is 0.732. The second-order valence-electron chi connectivity index (χ2n) is 5.41. The number of hydrogen-bond donors (Lipinski definition) is 1. The van der Waals surface area contributed by atoms with Crippen molar-refractivity contribution in [3.63, 3.8) is 0 Å². The third-order valence-electron chi connectivity index (χ3n) is 3.60. The fourth-order valence-corrected chi connectivity index (χ4v) is 2.41. The predicted octanol–water partition coefficient (Wildman–Crippen LogP) is 2.98. The van der Waals surface area contributed by atoms with Gasteiger partial charge in [-0.25, -0.2) is 0 Å². The van der Waals surface area contributed by atoms with Crippen LogP contribution in [0.2, 0.25) is 0 Å². The van der Waals surface area contributed by atoms with Gasteiger partial charge in [-0.05, 0) is 17.7 Å². The number of benzene rings is 2. The van der Waals surface area contributed by atoms with E-state index in [1.807, 2.05) is 60.7 Å². The Labute approximate surface area is 146 Å². The lowest BCUT2D eigenvalue weighted by Crippen LogP contribution is -2.25. The lowest BCUT2D eigenvalue weighted by atomic mass is 10.1. The molecule has 0 aliphatic rings. The van der Waals surface area contributed by atoms with Gasteiger partial charge in [-0.3, -0.25) is 9.78 Å². The molecule has 1 heterocycles. The molecular formula is C21H18N2O2. The highest BCUT2D eigenvalue weighted by Crippen LogP contribution is 2.22. The molecule has 2 aromatic carbocycles. The highest BCUT2D eigenvalue weighted by atomic mass is 16.5. The maximum absolute atomic E-state index is 11.8. The molecule has 4 nitrogen and oxygen atoms in total. The molecule has 25 heavy (non-hydrogen) atoms. The zero-order valence-electron chi connectivity index (χ0n) is 13.7. The van der Waals surface area contributed by atoms with Crippen LogP contribution in [0.5, 0.6) is 5.75 Å². The molecule has 0 atom stereocenters. The fraction of sp³-hybridized carbons (Fsp3) is 0.143. The molecular weight excluding hydrogens is 312 g/mol. The first-order valence-corrected chi connectivity index (χ1v) is 8.06. The Hall–Kier alpha value is -3.32. The molecule has 0 fully saturated rings. The van der Waals surface area contributed by atoms with E-state index in [1.54, 1.807) is 6.20 Å². The third kappa shape index (κ3) is 4.82. The van der Waals surface area contributed by atoms with Crippen molar-refractivity contribution in [3.8, 4) is 17.6 Å². The molecule has 0 aliphatic heterocycles. The van der Waals surface area contributed by atoms with Crippen LogP contribution in [0, 0.1) is 11.8 Å². The molecule has 1 aromatic heterocycles. The standard InChI is InChI=1S/C21H18N2O2/c24-20(16-17-8-2-1-3-9-17)22-13-4-5-15-25-19-12-6-10-18-11-7-14-23-21(18)19/h1-3,6-12,14H,13,15-16H2,(H,22,24). The summed E-state index contributed by atoms with van der Waals surface area (Å²) in [5.41, 5.74) is 1.81. The maximum Gasteiger partial charge on any atom is 0.225 e. The maximum atomic E-state index is 11.8. The van der Waals surface area contributed by atoms with Crippen molar-refractivity contribution in [2.24, 2.45) is 0 Å². The number of fused-ring (bicyclic) bond motifs is 1. The topological polar surface area (TPSA) is 51.2 Å². The lowest BCUT2D eigenvalue weighted by molar-refractivity contribution is -0.120. The first-order valence-electron chi connectivity index (χ1n) is 8.06. The minimum Gasteiger partial charge on any atom is -0.479 e. The molecule has 0 radical (unpaired) electrons. The molecule has 0 spiro atoms. The molecule has 1 amide bonds. The fourth-order valence-electron chi connectivity index (χ4n) is 2.41. The number of nitrogens with one attached hydrogen (secondary N) is 1. The van der Waals surface area contributed by atoms with Crippen LogP contribution in [0.1, 0.15) is 5.56 Å². The minimum atomic E-state index is -0.0420. The van der Waals surface area contributed by atoms with Crippen LogP contribution in [0.25, 0.3) is 10.9 Å². The van der Waals surface area contributed by atoms with E-state index in [0.29, 0.717) is 18.7 Å². The van der Waals surface area contributed by atoms with Crippen LogP contribution in [-0.2, 0) is 11.2 Å². The number of carbonyl (C=O) groups is 1. The minimum absolute atomic E-state index is 0.0420. The summed E-state index contributed by atoms with van der Waals surface area (Å²) in [5.74, 6) is 6.46. The zero-order valence-corrected chi connectivity index (χ0v) is 13.7. The van der Waals surface area contributed by atoms with Crippen LogP contribution in [-0.4, -0.2) is 24.0 Å². The van der Waals surface area contributed by atoms with E-state index in [1.165, 1.54) is 0 Å². The summed E-state index contributed by atoms with van der Waals surface area (Å²) in [6, 6.07) is 19.3. The van der Waals surface area contributed by atoms with Crippen LogP contribution < -0.4 is 10.1 Å². The van der Waals surface area contributed by atoms with Crippen LogP contribution >= 0.6 is 0 Å². The number of hydrogen-bond acceptors (Lipinski definition) is 3. The van der Waals surface area contributed by atoms with Gasteiger partial charge in [0.25, 0.3) is 0 Å². The number of aromatic nitrogens is 1. The Morgan fingerprint density at radius 3 is 2.72 bits per heavy atom. The normalized spacial score (nSPS) is 9.92. The van der Waals surface area contributed by atoms with E-state index in [0.717, 1.165) is 16.5 Å². The van der Waals surface area contributed by atoms with Gasteiger partial charge in [0.1, 0.15) is 17.9 Å². The van der Waals surface area contributed by atoms with Gasteiger partial charge in [0, 0.05) is 11.6 Å². The monoisotopic (exact) mass is 330 g/mol. The summed E-state index contributed by atoms with van der Waals surface area (Å²) in [4.78, 5) is 16.1. The highest BCUT2D eigenvalue weighted by molar-refractivity contribution is 5.84. The van der Waals surface area contributed by atoms with E-state index in [4.69, 9.17) is 4.74 Å². The van der Waals surface area contributed by atoms with Crippen molar-refractivity contribution < 1.29 is 9.53 Å². The van der Waals surface area contributed by atoms with E-state index < -0.39 is 0 Å². The largest absolute Gasteiger partial charge is 0.479 e. The van der Waals surface area contributed by atoms with Gasteiger partial charge in [0.05, 0.1) is 13.0 Å². The summed E-state index contributed by atoms with van der Waals surface area (Å²) >= 11 is 0. The highest BCUT2D eigenvalue weighted by Gasteiger charge is 2.02. The van der Waals surface area contributed by atoms with Gasteiger partial charge in [-0.1, -0.05) is 60.4 Å². The van der Waals surface area contributed by atoms with Crippen LogP contribution in [0.3, 0.4) is 0 Å². The molecule has 124 valence electrons.